The molecule has 1 atom stereocenters. The van der Waals surface area contributed by atoms with Crippen molar-refractivity contribution < 1.29 is 14.1 Å². The van der Waals surface area contributed by atoms with E-state index < -0.39 is 5.91 Å². The lowest BCUT2D eigenvalue weighted by Gasteiger charge is -2.38. The highest BCUT2D eigenvalue weighted by atomic mass is 35.5. The molecule has 9 heteroatoms. The minimum atomic E-state index is -0.750. The van der Waals surface area contributed by atoms with Gasteiger partial charge in [0.15, 0.2) is 0 Å². The smallest absolute Gasteiger partial charge is 0.290 e. The summed E-state index contributed by atoms with van der Waals surface area (Å²) in [6.07, 6.45) is 0. The lowest BCUT2D eigenvalue weighted by atomic mass is 10.1. The number of halogens is 1. The molecule has 0 spiro atoms. The molecule has 24 heavy (non-hydrogen) atoms. The van der Waals surface area contributed by atoms with E-state index >= 15 is 0 Å². The second-order valence-electron chi connectivity index (χ2n) is 5.61. The molecule has 1 aliphatic rings. The van der Waals surface area contributed by atoms with Gasteiger partial charge in [0.2, 0.25) is 11.8 Å². The number of rotatable bonds is 4. The van der Waals surface area contributed by atoms with Crippen LogP contribution in [0.15, 0.2) is 28.8 Å². The van der Waals surface area contributed by atoms with E-state index in [-0.39, 0.29) is 36.8 Å². The first-order chi connectivity index (χ1) is 11.4. The van der Waals surface area contributed by atoms with Crippen molar-refractivity contribution in [2.24, 2.45) is 5.73 Å². The van der Waals surface area contributed by atoms with E-state index in [1.54, 1.807) is 17.0 Å². The van der Waals surface area contributed by atoms with E-state index in [0.717, 1.165) is 5.69 Å². The van der Waals surface area contributed by atoms with E-state index in [0.29, 0.717) is 11.6 Å². The number of nitrogens with zero attached hydrogens (tertiary/aromatic N) is 4. The monoisotopic (exact) mass is 349 g/mol. The normalized spacial score (nSPS) is 18.8. The van der Waals surface area contributed by atoms with Gasteiger partial charge < -0.3 is 15.2 Å². The largest absolute Gasteiger partial charge is 0.363 e. The Hall–Kier alpha value is -2.45. The van der Waals surface area contributed by atoms with Gasteiger partial charge in [-0.1, -0.05) is 22.8 Å². The Morgan fingerprint density at radius 2 is 2.29 bits per heavy atom. The fourth-order valence-electron chi connectivity index (χ4n) is 2.59. The van der Waals surface area contributed by atoms with Crippen molar-refractivity contribution in [3.63, 3.8) is 0 Å². The summed E-state index contributed by atoms with van der Waals surface area (Å²) in [6.45, 7) is 2.98. The number of piperazine rings is 1. The van der Waals surface area contributed by atoms with Crippen molar-refractivity contribution in [1.82, 2.24) is 15.0 Å². The number of carbonyl (C=O) groups is 2. The topological polar surface area (TPSA) is 106 Å². The zero-order chi connectivity index (χ0) is 17.3. The van der Waals surface area contributed by atoms with E-state index in [9.17, 15) is 9.59 Å². The van der Waals surface area contributed by atoms with Gasteiger partial charge in [0, 0.05) is 23.3 Å². The second kappa shape index (κ2) is 6.58. The Bertz CT molecular complexity index is 778. The molecule has 1 aromatic heterocycles. The predicted molar refractivity (Wildman–Crippen MR) is 86.5 cm³/mol. The highest BCUT2D eigenvalue weighted by Gasteiger charge is 2.31. The summed E-state index contributed by atoms with van der Waals surface area (Å²) < 4.78 is 4.99. The molecular weight excluding hydrogens is 334 g/mol. The van der Waals surface area contributed by atoms with Gasteiger partial charge in [0.05, 0.1) is 13.1 Å². The third-order valence-electron chi connectivity index (χ3n) is 3.86. The number of carbonyl (C=O) groups excluding carboxylic acids is 2. The van der Waals surface area contributed by atoms with Crippen molar-refractivity contribution in [3.05, 3.63) is 41.0 Å². The Balaban J connectivity index is 1.71. The fraction of sp³-hybridized carbons (Fsp3) is 0.333. The number of hydrogen-bond acceptors (Lipinski definition) is 6. The standard InChI is InChI=1S/C15H16ClN5O3/c1-9-6-21(11-4-2-3-10(16)5-11)13(22)8-20(9)7-12-18-15(14(17)23)19-24-12/h2-5,9H,6-8H2,1H3,(H2,17,23)/t9-/m1/s1. The van der Waals surface area contributed by atoms with Gasteiger partial charge in [-0.3, -0.25) is 14.5 Å². The molecule has 2 aromatic rings. The van der Waals surface area contributed by atoms with Crippen molar-refractivity contribution >= 4 is 29.1 Å². The SMILES string of the molecule is C[C@@H]1CN(c2cccc(Cl)c2)C(=O)CN1Cc1nc(C(N)=O)no1. The molecule has 1 fully saturated rings. The molecule has 1 saturated heterocycles. The van der Waals surface area contributed by atoms with Gasteiger partial charge in [-0.25, -0.2) is 0 Å². The van der Waals surface area contributed by atoms with Crippen LogP contribution in [-0.2, 0) is 11.3 Å². The van der Waals surface area contributed by atoms with Gasteiger partial charge in [-0.05, 0) is 25.1 Å². The molecule has 0 bridgehead atoms. The number of anilines is 1. The van der Waals surface area contributed by atoms with Crippen LogP contribution in [0.2, 0.25) is 5.02 Å². The van der Waals surface area contributed by atoms with Crippen LogP contribution in [0.3, 0.4) is 0 Å². The van der Waals surface area contributed by atoms with Crippen molar-refractivity contribution in [2.75, 3.05) is 18.0 Å². The van der Waals surface area contributed by atoms with Crippen LogP contribution in [0, 0.1) is 0 Å². The molecule has 0 unspecified atom stereocenters. The third-order valence-corrected chi connectivity index (χ3v) is 4.09. The minimum absolute atomic E-state index is 0.0509. The molecule has 2 amide bonds. The van der Waals surface area contributed by atoms with Crippen molar-refractivity contribution in [2.45, 2.75) is 19.5 Å². The Kier molecular flexibility index (Phi) is 4.50. The van der Waals surface area contributed by atoms with Gasteiger partial charge in [0.25, 0.3) is 11.7 Å². The first-order valence-electron chi connectivity index (χ1n) is 7.36. The zero-order valence-corrected chi connectivity index (χ0v) is 13.7. The summed E-state index contributed by atoms with van der Waals surface area (Å²) in [4.78, 5) is 31.0. The summed E-state index contributed by atoms with van der Waals surface area (Å²) in [5.41, 5.74) is 5.87. The van der Waals surface area contributed by atoms with E-state index in [1.807, 2.05) is 24.0 Å². The molecule has 0 radical (unpaired) electrons. The lowest BCUT2D eigenvalue weighted by molar-refractivity contribution is -0.122. The minimum Gasteiger partial charge on any atom is -0.363 e. The number of hydrogen-bond donors (Lipinski definition) is 1. The van der Waals surface area contributed by atoms with Gasteiger partial charge >= 0.3 is 0 Å². The van der Waals surface area contributed by atoms with E-state index in [4.69, 9.17) is 21.9 Å². The molecule has 126 valence electrons. The molecule has 3 rings (SSSR count). The van der Waals surface area contributed by atoms with Crippen LogP contribution in [0.5, 0.6) is 0 Å². The summed E-state index contributed by atoms with van der Waals surface area (Å²) in [6, 6.07) is 7.25. The average Bonchev–Trinajstić information content (AvgIpc) is 2.99. The van der Waals surface area contributed by atoms with Crippen LogP contribution in [0.1, 0.15) is 23.4 Å². The molecular formula is C15H16ClN5O3. The average molecular weight is 350 g/mol. The summed E-state index contributed by atoms with van der Waals surface area (Å²) in [5, 5.41) is 4.08. The first kappa shape index (κ1) is 16.4. The highest BCUT2D eigenvalue weighted by Crippen LogP contribution is 2.24. The third kappa shape index (κ3) is 3.39. The first-order valence-corrected chi connectivity index (χ1v) is 7.74. The van der Waals surface area contributed by atoms with Crippen LogP contribution in [-0.4, -0.2) is 46.0 Å². The van der Waals surface area contributed by atoms with Gasteiger partial charge in [0.1, 0.15) is 0 Å². The molecule has 2 heterocycles. The Morgan fingerprint density at radius 1 is 1.50 bits per heavy atom. The number of benzene rings is 1. The van der Waals surface area contributed by atoms with E-state index in [2.05, 4.69) is 10.1 Å². The zero-order valence-electron chi connectivity index (χ0n) is 13.0. The van der Waals surface area contributed by atoms with Crippen molar-refractivity contribution in [1.29, 1.82) is 0 Å². The number of nitrogens with two attached hydrogens (primary N) is 1. The molecule has 8 nitrogen and oxygen atoms in total. The summed E-state index contributed by atoms with van der Waals surface area (Å²) in [7, 11) is 0. The van der Waals surface area contributed by atoms with Gasteiger partial charge in [-0.2, -0.15) is 4.98 Å². The quantitative estimate of drug-likeness (QED) is 0.884. The summed E-state index contributed by atoms with van der Waals surface area (Å²) >= 11 is 6.00. The maximum atomic E-state index is 12.5. The maximum absolute atomic E-state index is 12.5. The number of primary amides is 1. The summed E-state index contributed by atoms with van der Waals surface area (Å²) in [5.74, 6) is -0.717. The van der Waals surface area contributed by atoms with Crippen LogP contribution < -0.4 is 10.6 Å². The number of aromatic nitrogens is 2. The second-order valence-corrected chi connectivity index (χ2v) is 6.05. The lowest BCUT2D eigenvalue weighted by Crippen LogP contribution is -2.54. The van der Waals surface area contributed by atoms with Crippen LogP contribution in [0.25, 0.3) is 0 Å². The Labute approximate surface area is 143 Å². The predicted octanol–water partition coefficient (Wildman–Crippen LogP) is 1.06. The van der Waals surface area contributed by atoms with E-state index in [1.165, 1.54) is 0 Å². The fourth-order valence-corrected chi connectivity index (χ4v) is 2.78. The molecule has 0 aliphatic carbocycles. The van der Waals surface area contributed by atoms with Gasteiger partial charge in [-0.15, -0.1) is 0 Å². The molecule has 1 aliphatic heterocycles. The maximum Gasteiger partial charge on any atom is 0.290 e. The molecule has 2 N–H and O–H groups in total. The molecule has 0 saturated carbocycles. The van der Waals surface area contributed by atoms with Crippen molar-refractivity contribution in [3.8, 4) is 0 Å². The molecule has 1 aromatic carbocycles. The number of amides is 2. The highest BCUT2D eigenvalue weighted by molar-refractivity contribution is 6.30. The van der Waals surface area contributed by atoms with Crippen LogP contribution >= 0.6 is 11.6 Å². The Morgan fingerprint density at radius 3 is 2.96 bits per heavy atom. The van der Waals surface area contributed by atoms with Crippen LogP contribution in [0.4, 0.5) is 5.69 Å².